The van der Waals surface area contributed by atoms with E-state index in [9.17, 15) is 13.2 Å². The lowest BCUT2D eigenvalue weighted by Gasteiger charge is -2.28. The summed E-state index contributed by atoms with van der Waals surface area (Å²) in [5.41, 5.74) is 0. The van der Waals surface area contributed by atoms with Crippen LogP contribution in [0.1, 0.15) is 14.2 Å². The molecule has 0 spiro atoms. The molecule has 1 heterocycles. The number of carboxylic acid groups (broad SMARTS) is 1. The van der Waals surface area contributed by atoms with Gasteiger partial charge in [-0.3, -0.25) is 4.18 Å². The maximum atomic E-state index is 10.8. The number of carbonyl (C=O) groups is 1. The summed E-state index contributed by atoms with van der Waals surface area (Å²) in [6, 6.07) is 0. The summed E-state index contributed by atoms with van der Waals surface area (Å²) in [5.74, 6) is 0. The Morgan fingerprint density at radius 1 is 1.57 bits per heavy atom. The highest BCUT2D eigenvalue weighted by atomic mass is 32.2. The molecule has 1 aliphatic heterocycles. The number of amides is 1. The van der Waals surface area contributed by atoms with Gasteiger partial charge in [0.1, 0.15) is 0 Å². The molecule has 0 unspecified atom stereocenters. The molecule has 1 fully saturated rings. The summed E-state index contributed by atoms with van der Waals surface area (Å²) in [4.78, 5) is 11.7. The third kappa shape index (κ3) is 3.51. The Bertz CT molecular complexity index is 346. The first kappa shape index (κ1) is 9.72. The van der Waals surface area contributed by atoms with Crippen LogP contribution in [0.5, 0.6) is 0 Å². The third-order valence-electron chi connectivity index (χ3n) is 1.86. The minimum atomic E-state index is -3.67. The summed E-state index contributed by atoms with van der Waals surface area (Å²) < 4.78 is 34.0. The zero-order valence-electron chi connectivity index (χ0n) is 8.76. The molecule has 1 saturated heterocycles. The Morgan fingerprint density at radius 3 is 2.43 bits per heavy atom. The summed E-state index contributed by atoms with van der Waals surface area (Å²) in [5, 5.41) is 8.65. The molecule has 0 bridgehead atoms. The molecule has 0 radical (unpaired) electrons. The number of hydrogen-bond acceptors (Lipinski definition) is 4. The van der Waals surface area contributed by atoms with Crippen molar-refractivity contribution in [1.29, 1.82) is 0 Å². The molecule has 1 amide bonds. The lowest BCUT2D eigenvalue weighted by molar-refractivity contribution is 0.0934. The van der Waals surface area contributed by atoms with E-state index < -0.39 is 22.3 Å². The number of nitrogens with zero attached hydrogens (tertiary/aromatic N) is 1. The van der Waals surface area contributed by atoms with E-state index in [0.717, 1.165) is 11.2 Å². The molecular weight excluding hydrogens is 210 g/mol. The molecule has 1 N–H and O–H groups in total. The maximum Gasteiger partial charge on any atom is 0.407 e. The van der Waals surface area contributed by atoms with Crippen LogP contribution in [0, 0.1) is 0 Å². The van der Waals surface area contributed by atoms with E-state index in [4.69, 9.17) is 6.48 Å². The van der Waals surface area contributed by atoms with Crippen molar-refractivity contribution in [2.24, 2.45) is 0 Å². The van der Waals surface area contributed by atoms with Crippen LogP contribution in [0.15, 0.2) is 0 Å². The van der Waals surface area contributed by atoms with Crippen LogP contribution in [0.2, 0.25) is 0 Å². The van der Waals surface area contributed by atoms with Gasteiger partial charge in [-0.25, -0.2) is 4.79 Å². The van der Waals surface area contributed by atoms with Crippen molar-refractivity contribution in [3.63, 3.8) is 0 Å². The predicted octanol–water partition coefficient (Wildman–Crippen LogP) is 0.105. The molecule has 82 valence electrons. The standard InChI is InChI=1S/C7H13NO5S/c1-14(11,12)13-6-2-4-8(5-3-6)7(9)10/h6H,2-5H2,1H3,(H,9,10)/i6D. The second-order valence-electron chi connectivity index (χ2n) is 3.10. The minimum absolute atomic E-state index is 0.0619. The molecule has 6 nitrogen and oxygen atoms in total. The molecule has 0 atom stereocenters. The van der Waals surface area contributed by atoms with Gasteiger partial charge in [-0.2, -0.15) is 8.42 Å². The average Bonchev–Trinajstić information content (AvgIpc) is 2.00. The smallest absolute Gasteiger partial charge is 0.407 e. The Labute approximate surface area is 84.0 Å². The number of hydrogen-bond donors (Lipinski definition) is 1. The van der Waals surface area contributed by atoms with Gasteiger partial charge in [0, 0.05) is 13.1 Å². The van der Waals surface area contributed by atoms with Crippen LogP contribution in [0.25, 0.3) is 0 Å². The molecule has 7 heteroatoms. The van der Waals surface area contributed by atoms with E-state index in [0.29, 0.717) is 0 Å². The van der Waals surface area contributed by atoms with Crippen LogP contribution in [-0.4, -0.2) is 49.9 Å². The van der Waals surface area contributed by atoms with Gasteiger partial charge >= 0.3 is 6.09 Å². The van der Waals surface area contributed by atoms with E-state index in [1.807, 2.05) is 0 Å². The first-order chi connectivity index (χ1) is 6.72. The van der Waals surface area contributed by atoms with E-state index in [1.54, 1.807) is 0 Å². The molecule has 0 aromatic heterocycles. The molecule has 1 rings (SSSR count). The van der Waals surface area contributed by atoms with Crippen LogP contribution in [-0.2, 0) is 14.3 Å². The molecular formula is C7H13NO5S. The van der Waals surface area contributed by atoms with E-state index in [-0.39, 0.29) is 25.9 Å². The van der Waals surface area contributed by atoms with E-state index in [2.05, 4.69) is 4.18 Å². The van der Waals surface area contributed by atoms with E-state index >= 15 is 0 Å². The van der Waals surface area contributed by atoms with Crippen molar-refractivity contribution < 1.29 is 23.9 Å². The highest BCUT2D eigenvalue weighted by Crippen LogP contribution is 2.15. The predicted molar refractivity (Wildman–Crippen MR) is 48.5 cm³/mol. The van der Waals surface area contributed by atoms with Gasteiger partial charge in [0.15, 0.2) is 0 Å². The molecule has 0 aromatic carbocycles. The van der Waals surface area contributed by atoms with Gasteiger partial charge in [0.25, 0.3) is 10.1 Å². The summed E-state index contributed by atoms with van der Waals surface area (Å²) in [7, 11) is -3.67. The van der Waals surface area contributed by atoms with Crippen LogP contribution >= 0.6 is 0 Å². The maximum absolute atomic E-state index is 10.8. The van der Waals surface area contributed by atoms with Gasteiger partial charge in [-0.05, 0) is 12.8 Å². The van der Waals surface area contributed by atoms with Gasteiger partial charge in [0.05, 0.1) is 13.7 Å². The van der Waals surface area contributed by atoms with Gasteiger partial charge in [-0.1, -0.05) is 0 Å². The fraction of sp³-hybridized carbons (Fsp3) is 0.857. The van der Waals surface area contributed by atoms with Crippen LogP contribution in [0.4, 0.5) is 4.79 Å². The Kier molecular flexibility index (Phi) is 2.87. The van der Waals surface area contributed by atoms with Crippen LogP contribution < -0.4 is 0 Å². The minimum Gasteiger partial charge on any atom is -0.465 e. The van der Waals surface area contributed by atoms with Gasteiger partial charge < -0.3 is 10.0 Å². The highest BCUT2D eigenvalue weighted by molar-refractivity contribution is 7.86. The zero-order chi connectivity index (χ0) is 11.7. The second-order valence-corrected chi connectivity index (χ2v) is 4.67. The first-order valence-corrected chi connectivity index (χ1v) is 5.92. The molecule has 14 heavy (non-hydrogen) atoms. The average molecular weight is 224 g/mol. The quantitative estimate of drug-likeness (QED) is 0.673. The Morgan fingerprint density at radius 2 is 2.07 bits per heavy atom. The topological polar surface area (TPSA) is 83.9 Å². The lowest BCUT2D eigenvalue weighted by atomic mass is 10.1. The van der Waals surface area contributed by atoms with Crippen molar-refractivity contribution in [1.82, 2.24) is 4.90 Å². The zero-order valence-corrected chi connectivity index (χ0v) is 8.58. The van der Waals surface area contributed by atoms with Gasteiger partial charge in [0.2, 0.25) is 0 Å². The number of rotatable bonds is 2. The molecule has 0 saturated carbocycles. The van der Waals surface area contributed by atoms with Crippen LogP contribution in [0.3, 0.4) is 0 Å². The summed E-state index contributed by atoms with van der Waals surface area (Å²) in [6.07, 6.45) is -1.57. The van der Waals surface area contributed by atoms with Crippen molar-refractivity contribution >= 4 is 16.2 Å². The fourth-order valence-corrected chi connectivity index (χ4v) is 1.84. The fourth-order valence-electron chi connectivity index (χ4n) is 1.24. The third-order valence-corrected chi connectivity index (χ3v) is 2.40. The summed E-state index contributed by atoms with van der Waals surface area (Å²) >= 11 is 0. The normalized spacial score (nSPS) is 22.9. The highest BCUT2D eigenvalue weighted by Gasteiger charge is 2.24. The Balaban J connectivity index is 2.59. The lowest BCUT2D eigenvalue weighted by Crippen LogP contribution is -2.40. The second kappa shape index (κ2) is 4.14. The number of likely N-dealkylation sites (tertiary alicyclic amines) is 1. The Hall–Kier alpha value is -0.820. The van der Waals surface area contributed by atoms with Gasteiger partial charge in [-0.15, -0.1) is 0 Å². The van der Waals surface area contributed by atoms with Crippen molar-refractivity contribution in [2.45, 2.75) is 18.9 Å². The van der Waals surface area contributed by atoms with Crippen molar-refractivity contribution in [3.05, 3.63) is 0 Å². The van der Waals surface area contributed by atoms with Crippen molar-refractivity contribution in [2.75, 3.05) is 19.3 Å². The van der Waals surface area contributed by atoms with Crippen molar-refractivity contribution in [3.8, 4) is 0 Å². The first-order valence-electron chi connectivity index (χ1n) is 4.60. The largest absolute Gasteiger partial charge is 0.465 e. The molecule has 0 aromatic rings. The molecule has 0 aliphatic carbocycles. The molecule has 1 aliphatic rings. The SMILES string of the molecule is [2H]C1(OS(C)(=O)=O)CCN(C(=O)O)CC1. The monoisotopic (exact) mass is 224 g/mol. The summed E-state index contributed by atoms with van der Waals surface area (Å²) in [6.45, 7) is 0.239. The van der Waals surface area contributed by atoms with E-state index in [1.165, 1.54) is 0 Å². The number of piperidine rings is 1.